The number of rotatable bonds is 7. The molecule has 0 atom stereocenters. The van der Waals surface area contributed by atoms with Gasteiger partial charge in [-0.2, -0.15) is 0 Å². The van der Waals surface area contributed by atoms with Crippen LogP contribution in [-0.2, 0) is 4.79 Å². The minimum Gasteiger partial charge on any atom is -0.497 e. The van der Waals surface area contributed by atoms with E-state index in [1.165, 1.54) is 51.6 Å². The number of nitrogens with one attached hydrogen (secondary N) is 1. The fourth-order valence-corrected chi connectivity index (χ4v) is 3.94. The molecular weight excluding hydrogens is 316 g/mol. The number of carbonyl (C=O) groups is 1. The van der Waals surface area contributed by atoms with Crippen molar-refractivity contribution in [2.45, 2.75) is 44.6 Å². The molecule has 1 aromatic carbocycles. The molecule has 25 heavy (non-hydrogen) atoms. The Labute approximate surface area is 150 Å². The normalized spacial score (nSPS) is 19.7. The number of amides is 1. The van der Waals surface area contributed by atoms with Crippen LogP contribution in [0.5, 0.6) is 11.5 Å². The number of nitrogens with zero attached hydrogens (tertiary/aromatic N) is 1. The molecule has 1 aliphatic carbocycles. The van der Waals surface area contributed by atoms with Crippen LogP contribution < -0.4 is 14.8 Å². The van der Waals surface area contributed by atoms with Crippen LogP contribution in [0.2, 0.25) is 0 Å². The first kappa shape index (κ1) is 18.1. The van der Waals surface area contributed by atoms with E-state index in [2.05, 4.69) is 10.2 Å². The molecule has 0 aromatic heterocycles. The Morgan fingerprint density at radius 2 is 1.88 bits per heavy atom. The Morgan fingerprint density at radius 1 is 1.16 bits per heavy atom. The molecule has 3 rings (SSSR count). The fourth-order valence-electron chi connectivity index (χ4n) is 3.94. The summed E-state index contributed by atoms with van der Waals surface area (Å²) in [6, 6.07) is 8.14. The smallest absolute Gasteiger partial charge is 0.257 e. The Morgan fingerprint density at radius 3 is 2.60 bits per heavy atom. The van der Waals surface area contributed by atoms with Crippen LogP contribution >= 0.6 is 0 Å². The predicted molar refractivity (Wildman–Crippen MR) is 98.1 cm³/mol. The molecule has 5 nitrogen and oxygen atoms in total. The van der Waals surface area contributed by atoms with Crippen LogP contribution in [0.15, 0.2) is 24.3 Å². The molecule has 1 saturated carbocycles. The van der Waals surface area contributed by atoms with Gasteiger partial charge in [0.15, 0.2) is 6.61 Å². The van der Waals surface area contributed by atoms with Crippen molar-refractivity contribution >= 4 is 5.91 Å². The minimum atomic E-state index is -0.0546. The minimum absolute atomic E-state index is 0.0497. The first-order valence-corrected chi connectivity index (χ1v) is 9.52. The summed E-state index contributed by atoms with van der Waals surface area (Å²) in [4.78, 5) is 14.7. The third-order valence-electron chi connectivity index (χ3n) is 5.49. The summed E-state index contributed by atoms with van der Waals surface area (Å²) in [5, 5.41) is 3.02. The van der Waals surface area contributed by atoms with Crippen molar-refractivity contribution in [1.29, 1.82) is 0 Å². The molecule has 138 valence electrons. The lowest BCUT2D eigenvalue weighted by Crippen LogP contribution is -2.43. The highest BCUT2D eigenvalue weighted by Gasteiger charge is 2.27. The Balaban J connectivity index is 1.32. The first-order chi connectivity index (χ1) is 12.2. The van der Waals surface area contributed by atoms with Crippen molar-refractivity contribution in [2.75, 3.05) is 33.4 Å². The van der Waals surface area contributed by atoms with Crippen molar-refractivity contribution in [2.24, 2.45) is 5.92 Å². The van der Waals surface area contributed by atoms with E-state index in [1.54, 1.807) is 13.2 Å². The zero-order chi connectivity index (χ0) is 17.5. The van der Waals surface area contributed by atoms with E-state index in [-0.39, 0.29) is 12.5 Å². The maximum absolute atomic E-state index is 12.0. The second-order valence-corrected chi connectivity index (χ2v) is 7.19. The number of hydrogen-bond acceptors (Lipinski definition) is 4. The molecule has 5 heteroatoms. The van der Waals surface area contributed by atoms with Crippen molar-refractivity contribution in [3.05, 3.63) is 24.3 Å². The molecule has 0 spiro atoms. The highest BCUT2D eigenvalue weighted by molar-refractivity contribution is 5.77. The highest BCUT2D eigenvalue weighted by atomic mass is 16.5. The summed E-state index contributed by atoms with van der Waals surface area (Å²) >= 11 is 0. The Hall–Kier alpha value is -1.75. The lowest BCUT2D eigenvalue weighted by molar-refractivity contribution is -0.123. The van der Waals surface area contributed by atoms with Crippen LogP contribution in [0.25, 0.3) is 0 Å². The standard InChI is InChI=1S/C20H30N2O3/c1-24-18-7-4-8-19(13-18)25-15-20(23)21-14-16-9-11-22(12-10-16)17-5-2-3-6-17/h4,7-8,13,16-17H,2-3,5-6,9-12,14-15H2,1H3,(H,21,23). The number of piperidine rings is 1. The summed E-state index contributed by atoms with van der Waals surface area (Å²) in [6.07, 6.45) is 7.93. The van der Waals surface area contributed by atoms with E-state index >= 15 is 0 Å². The quantitative estimate of drug-likeness (QED) is 0.825. The predicted octanol–water partition coefficient (Wildman–Crippen LogP) is 2.84. The van der Waals surface area contributed by atoms with Gasteiger partial charge in [0.1, 0.15) is 11.5 Å². The molecule has 0 bridgehead atoms. The monoisotopic (exact) mass is 346 g/mol. The maximum Gasteiger partial charge on any atom is 0.257 e. The molecule has 2 aliphatic rings. The Kier molecular flexibility index (Phi) is 6.56. The second kappa shape index (κ2) is 9.09. The van der Waals surface area contributed by atoms with Gasteiger partial charge in [0, 0.05) is 18.7 Å². The van der Waals surface area contributed by atoms with E-state index < -0.39 is 0 Å². The molecule has 1 heterocycles. The number of ether oxygens (including phenoxy) is 2. The zero-order valence-corrected chi connectivity index (χ0v) is 15.2. The van der Waals surface area contributed by atoms with Gasteiger partial charge in [-0.15, -0.1) is 0 Å². The molecule has 0 unspecified atom stereocenters. The topological polar surface area (TPSA) is 50.8 Å². The van der Waals surface area contributed by atoms with E-state index in [1.807, 2.05) is 18.2 Å². The summed E-state index contributed by atoms with van der Waals surface area (Å²) in [7, 11) is 1.61. The average Bonchev–Trinajstić information content (AvgIpc) is 3.20. The number of likely N-dealkylation sites (tertiary alicyclic amines) is 1. The number of hydrogen-bond donors (Lipinski definition) is 1. The van der Waals surface area contributed by atoms with Gasteiger partial charge in [-0.25, -0.2) is 0 Å². The lowest BCUT2D eigenvalue weighted by atomic mass is 9.95. The number of benzene rings is 1. The van der Waals surface area contributed by atoms with Gasteiger partial charge in [-0.05, 0) is 56.8 Å². The summed E-state index contributed by atoms with van der Waals surface area (Å²) in [6.45, 7) is 3.18. The van der Waals surface area contributed by atoms with Gasteiger partial charge in [0.2, 0.25) is 0 Å². The van der Waals surface area contributed by atoms with Crippen molar-refractivity contribution in [1.82, 2.24) is 10.2 Å². The third-order valence-corrected chi connectivity index (χ3v) is 5.49. The van der Waals surface area contributed by atoms with Gasteiger partial charge in [-0.3, -0.25) is 4.79 Å². The van der Waals surface area contributed by atoms with Gasteiger partial charge in [-0.1, -0.05) is 18.9 Å². The van der Waals surface area contributed by atoms with Crippen LogP contribution in [0.4, 0.5) is 0 Å². The third kappa shape index (κ3) is 5.36. The van der Waals surface area contributed by atoms with Crippen molar-refractivity contribution in [3.63, 3.8) is 0 Å². The van der Waals surface area contributed by atoms with E-state index in [9.17, 15) is 4.79 Å². The molecule has 1 aliphatic heterocycles. The number of methoxy groups -OCH3 is 1. The lowest BCUT2D eigenvalue weighted by Gasteiger charge is -2.36. The van der Waals surface area contributed by atoms with Gasteiger partial charge < -0.3 is 19.7 Å². The average molecular weight is 346 g/mol. The highest BCUT2D eigenvalue weighted by Crippen LogP contribution is 2.27. The van der Waals surface area contributed by atoms with E-state index in [0.717, 1.165) is 18.3 Å². The van der Waals surface area contributed by atoms with Crippen LogP contribution in [0, 0.1) is 5.92 Å². The van der Waals surface area contributed by atoms with Crippen LogP contribution in [0.1, 0.15) is 38.5 Å². The van der Waals surface area contributed by atoms with E-state index in [4.69, 9.17) is 9.47 Å². The summed E-state index contributed by atoms with van der Waals surface area (Å²) in [5.41, 5.74) is 0. The molecule has 1 aromatic rings. The maximum atomic E-state index is 12.0. The molecule has 1 saturated heterocycles. The van der Waals surface area contributed by atoms with Crippen LogP contribution in [-0.4, -0.2) is 50.2 Å². The van der Waals surface area contributed by atoms with Gasteiger partial charge in [0.05, 0.1) is 7.11 Å². The van der Waals surface area contributed by atoms with Crippen LogP contribution in [0.3, 0.4) is 0 Å². The summed E-state index contributed by atoms with van der Waals surface area (Å²) < 4.78 is 10.7. The van der Waals surface area contributed by atoms with Gasteiger partial charge >= 0.3 is 0 Å². The Bertz CT molecular complexity index is 550. The van der Waals surface area contributed by atoms with Crippen molar-refractivity contribution in [3.8, 4) is 11.5 Å². The van der Waals surface area contributed by atoms with E-state index in [0.29, 0.717) is 11.7 Å². The molecule has 1 N–H and O–H groups in total. The summed E-state index contributed by atoms with van der Waals surface area (Å²) in [5.74, 6) is 1.92. The first-order valence-electron chi connectivity index (χ1n) is 9.52. The second-order valence-electron chi connectivity index (χ2n) is 7.19. The zero-order valence-electron chi connectivity index (χ0n) is 15.2. The fraction of sp³-hybridized carbons (Fsp3) is 0.650. The van der Waals surface area contributed by atoms with Crippen molar-refractivity contribution < 1.29 is 14.3 Å². The molecular formula is C20H30N2O3. The SMILES string of the molecule is COc1cccc(OCC(=O)NCC2CCN(C3CCCC3)CC2)c1. The number of carbonyl (C=O) groups excluding carboxylic acids is 1. The molecule has 2 fully saturated rings. The molecule has 0 radical (unpaired) electrons. The van der Waals surface area contributed by atoms with Gasteiger partial charge in [0.25, 0.3) is 5.91 Å². The molecule has 1 amide bonds. The largest absolute Gasteiger partial charge is 0.497 e.